The summed E-state index contributed by atoms with van der Waals surface area (Å²) in [7, 11) is 0. The average molecular weight is 317 g/mol. The normalized spacial score (nSPS) is 16.8. The first-order chi connectivity index (χ1) is 8.59. The highest BCUT2D eigenvalue weighted by atomic mass is 79.9. The summed E-state index contributed by atoms with van der Waals surface area (Å²) in [5.74, 6) is -1.35. The third-order valence-electron chi connectivity index (χ3n) is 3.55. The second-order valence-corrected chi connectivity index (χ2v) is 5.65. The summed E-state index contributed by atoms with van der Waals surface area (Å²) in [4.78, 5) is 12.0. The Morgan fingerprint density at radius 2 is 1.89 bits per heavy atom. The van der Waals surface area contributed by atoms with Crippen LogP contribution in [0.2, 0.25) is 0 Å². The molecule has 0 saturated heterocycles. The van der Waals surface area contributed by atoms with Gasteiger partial charge < -0.3 is 0 Å². The maximum atomic E-state index is 13.8. The molecule has 1 saturated carbocycles. The molecule has 0 aliphatic heterocycles. The third kappa shape index (κ3) is 2.97. The molecule has 0 aromatic heterocycles. The molecule has 0 bridgehead atoms. The Kier molecular flexibility index (Phi) is 4.49. The minimum atomic E-state index is -0.654. The van der Waals surface area contributed by atoms with Crippen molar-refractivity contribution >= 4 is 21.7 Å². The fraction of sp³-hybridized carbons (Fsp3) is 0.500. The number of carbonyl (C=O) groups excluding carboxylic acids is 1. The molecule has 1 aliphatic carbocycles. The molecular formula is C14H15BrF2O. The third-order valence-corrected chi connectivity index (χ3v) is 4.16. The van der Waals surface area contributed by atoms with Gasteiger partial charge in [-0.25, -0.2) is 8.78 Å². The summed E-state index contributed by atoms with van der Waals surface area (Å²) in [6.45, 7) is 0. The molecule has 1 aromatic rings. The fourth-order valence-electron chi connectivity index (χ4n) is 2.47. The molecule has 1 aromatic carbocycles. The van der Waals surface area contributed by atoms with E-state index in [4.69, 9.17) is 0 Å². The highest BCUT2D eigenvalue weighted by molar-refractivity contribution is 9.10. The van der Waals surface area contributed by atoms with Crippen LogP contribution in [0.25, 0.3) is 0 Å². The van der Waals surface area contributed by atoms with Gasteiger partial charge in [-0.2, -0.15) is 0 Å². The van der Waals surface area contributed by atoms with Gasteiger partial charge in [0.15, 0.2) is 0 Å². The lowest BCUT2D eigenvalue weighted by atomic mass is 9.84. The lowest BCUT2D eigenvalue weighted by molar-refractivity contribution is -0.123. The Morgan fingerprint density at radius 3 is 2.56 bits per heavy atom. The van der Waals surface area contributed by atoms with E-state index in [9.17, 15) is 13.6 Å². The molecule has 1 fully saturated rings. The highest BCUT2D eigenvalue weighted by Crippen LogP contribution is 2.28. The van der Waals surface area contributed by atoms with Crippen molar-refractivity contribution in [3.8, 4) is 0 Å². The number of Topliss-reactive ketones (excluding diaryl/α,β-unsaturated/α-hetero) is 1. The molecule has 18 heavy (non-hydrogen) atoms. The van der Waals surface area contributed by atoms with Gasteiger partial charge in [0, 0.05) is 17.9 Å². The van der Waals surface area contributed by atoms with Crippen LogP contribution >= 0.6 is 15.9 Å². The minimum Gasteiger partial charge on any atom is -0.299 e. The van der Waals surface area contributed by atoms with Gasteiger partial charge in [-0.05, 0) is 40.9 Å². The maximum Gasteiger partial charge on any atom is 0.143 e. The molecular weight excluding hydrogens is 302 g/mol. The van der Waals surface area contributed by atoms with E-state index in [0.29, 0.717) is 0 Å². The predicted octanol–water partition coefficient (Wildman–Crippen LogP) is 4.42. The Labute approximate surface area is 114 Å². The smallest absolute Gasteiger partial charge is 0.143 e. The SMILES string of the molecule is O=C(Cc1c(F)ccc(Br)c1F)C1CCCCC1. The summed E-state index contributed by atoms with van der Waals surface area (Å²) in [5.41, 5.74) is -0.111. The molecule has 0 unspecified atom stereocenters. The van der Waals surface area contributed by atoms with Crippen molar-refractivity contribution in [2.45, 2.75) is 38.5 Å². The topological polar surface area (TPSA) is 17.1 Å². The van der Waals surface area contributed by atoms with Crippen molar-refractivity contribution in [2.24, 2.45) is 5.92 Å². The predicted molar refractivity (Wildman–Crippen MR) is 69.3 cm³/mol. The van der Waals surface area contributed by atoms with Gasteiger partial charge in [0.2, 0.25) is 0 Å². The van der Waals surface area contributed by atoms with E-state index in [1.807, 2.05) is 0 Å². The van der Waals surface area contributed by atoms with Crippen LogP contribution in [0, 0.1) is 17.6 Å². The second kappa shape index (κ2) is 5.91. The van der Waals surface area contributed by atoms with Gasteiger partial charge in [0.25, 0.3) is 0 Å². The number of carbonyl (C=O) groups is 1. The van der Waals surface area contributed by atoms with E-state index < -0.39 is 11.6 Å². The number of ketones is 1. The summed E-state index contributed by atoms with van der Waals surface area (Å²) < 4.78 is 27.5. The first-order valence-corrected chi connectivity index (χ1v) is 7.04. The van der Waals surface area contributed by atoms with Crippen molar-refractivity contribution in [3.63, 3.8) is 0 Å². The largest absolute Gasteiger partial charge is 0.299 e. The van der Waals surface area contributed by atoms with Gasteiger partial charge in [0.1, 0.15) is 17.4 Å². The average Bonchev–Trinajstić information content (AvgIpc) is 2.40. The summed E-state index contributed by atoms with van der Waals surface area (Å²) in [6.07, 6.45) is 4.82. The number of rotatable bonds is 3. The van der Waals surface area contributed by atoms with Crippen LogP contribution < -0.4 is 0 Å². The molecule has 0 amide bonds. The van der Waals surface area contributed by atoms with Crippen molar-refractivity contribution < 1.29 is 13.6 Å². The van der Waals surface area contributed by atoms with Crippen molar-refractivity contribution in [3.05, 3.63) is 33.8 Å². The van der Waals surface area contributed by atoms with Crippen LogP contribution in [0.4, 0.5) is 8.78 Å². The first-order valence-electron chi connectivity index (χ1n) is 6.24. The lowest BCUT2D eigenvalue weighted by Gasteiger charge is -2.20. The lowest BCUT2D eigenvalue weighted by Crippen LogP contribution is -2.20. The molecule has 0 heterocycles. The number of hydrogen-bond donors (Lipinski definition) is 0. The summed E-state index contributed by atoms with van der Waals surface area (Å²) in [5, 5.41) is 0. The molecule has 2 rings (SSSR count). The highest BCUT2D eigenvalue weighted by Gasteiger charge is 2.24. The van der Waals surface area contributed by atoms with Gasteiger partial charge in [-0.3, -0.25) is 4.79 Å². The van der Waals surface area contributed by atoms with Crippen LogP contribution in [0.15, 0.2) is 16.6 Å². The van der Waals surface area contributed by atoms with Crippen molar-refractivity contribution in [1.29, 1.82) is 0 Å². The van der Waals surface area contributed by atoms with E-state index in [1.54, 1.807) is 0 Å². The van der Waals surface area contributed by atoms with Gasteiger partial charge in [0.05, 0.1) is 4.47 Å². The quantitative estimate of drug-likeness (QED) is 0.754. The summed E-state index contributed by atoms with van der Waals surface area (Å²) in [6, 6.07) is 2.51. The number of benzene rings is 1. The molecule has 1 aliphatic rings. The van der Waals surface area contributed by atoms with Crippen molar-refractivity contribution in [1.82, 2.24) is 0 Å². The van der Waals surface area contributed by atoms with E-state index in [-0.39, 0.29) is 28.2 Å². The van der Waals surface area contributed by atoms with Crippen LogP contribution in [0.5, 0.6) is 0 Å². The summed E-state index contributed by atoms with van der Waals surface area (Å²) >= 11 is 3.01. The van der Waals surface area contributed by atoms with E-state index >= 15 is 0 Å². The maximum absolute atomic E-state index is 13.8. The Morgan fingerprint density at radius 1 is 1.22 bits per heavy atom. The molecule has 1 nitrogen and oxygen atoms in total. The Balaban J connectivity index is 2.13. The zero-order valence-corrected chi connectivity index (χ0v) is 11.6. The zero-order valence-electron chi connectivity index (χ0n) is 10.0. The number of halogens is 3. The van der Waals surface area contributed by atoms with E-state index in [0.717, 1.165) is 32.1 Å². The second-order valence-electron chi connectivity index (χ2n) is 4.80. The van der Waals surface area contributed by atoms with Gasteiger partial charge in [-0.1, -0.05) is 19.3 Å². The molecule has 0 radical (unpaired) electrons. The van der Waals surface area contributed by atoms with Crippen LogP contribution in [-0.4, -0.2) is 5.78 Å². The molecule has 0 spiro atoms. The molecule has 4 heteroatoms. The van der Waals surface area contributed by atoms with Crippen LogP contribution in [0.3, 0.4) is 0 Å². The van der Waals surface area contributed by atoms with Crippen molar-refractivity contribution in [2.75, 3.05) is 0 Å². The molecule has 0 atom stereocenters. The fourth-order valence-corrected chi connectivity index (χ4v) is 2.85. The first kappa shape index (κ1) is 13.7. The van der Waals surface area contributed by atoms with E-state index in [2.05, 4.69) is 15.9 Å². The van der Waals surface area contributed by atoms with Gasteiger partial charge in [-0.15, -0.1) is 0 Å². The standard InChI is InChI=1S/C14H15BrF2O/c15-11-6-7-12(16)10(14(11)17)8-13(18)9-4-2-1-3-5-9/h6-7,9H,1-5,8H2. The number of hydrogen-bond acceptors (Lipinski definition) is 1. The molecule has 0 N–H and O–H groups in total. The zero-order chi connectivity index (χ0) is 13.1. The minimum absolute atomic E-state index is 0.0171. The Hall–Kier alpha value is -0.770. The van der Waals surface area contributed by atoms with Crippen LogP contribution in [0.1, 0.15) is 37.7 Å². The van der Waals surface area contributed by atoms with Crippen LogP contribution in [-0.2, 0) is 11.2 Å². The Bertz CT molecular complexity index is 453. The molecule has 98 valence electrons. The van der Waals surface area contributed by atoms with E-state index in [1.165, 1.54) is 12.1 Å². The van der Waals surface area contributed by atoms with Gasteiger partial charge >= 0.3 is 0 Å². The monoisotopic (exact) mass is 316 g/mol.